The van der Waals surface area contributed by atoms with Crippen molar-refractivity contribution in [3.05, 3.63) is 187 Å². The van der Waals surface area contributed by atoms with E-state index in [2.05, 4.69) is 162 Å². The van der Waals surface area contributed by atoms with Gasteiger partial charge in [-0.3, -0.25) is 49.7 Å². The maximum atomic E-state index is 12.8. The van der Waals surface area contributed by atoms with Gasteiger partial charge in [0.25, 0.3) is 5.91 Å². The fraction of sp³-hybridized carbons (Fsp3) is 0.533. The predicted octanol–water partition coefficient (Wildman–Crippen LogP) is 14.4. The zero-order valence-corrected chi connectivity index (χ0v) is 80.8. The lowest BCUT2D eigenvalue weighted by Crippen LogP contribution is -2.47. The molecule has 4 aromatic carbocycles. The quantitative estimate of drug-likeness (QED) is 0.0587. The summed E-state index contributed by atoms with van der Waals surface area (Å²) in [5.41, 5.74) is 16.7. The van der Waals surface area contributed by atoms with Gasteiger partial charge in [-0.15, -0.1) is 0 Å². The van der Waals surface area contributed by atoms with Crippen molar-refractivity contribution in [2.24, 2.45) is 23.7 Å². The van der Waals surface area contributed by atoms with Gasteiger partial charge in [0.05, 0.1) is 164 Å². The highest BCUT2D eigenvalue weighted by atomic mass is 16.5. The van der Waals surface area contributed by atoms with E-state index in [0.717, 1.165) is 384 Å². The Labute approximate surface area is 807 Å². The van der Waals surface area contributed by atoms with E-state index in [4.69, 9.17) is 47.6 Å². The van der Waals surface area contributed by atoms with Gasteiger partial charge in [0.15, 0.2) is 0 Å². The Kier molecular flexibility index (Phi) is 32.5. The minimum atomic E-state index is -0.964. The zero-order valence-electron chi connectivity index (χ0n) is 80.8. The highest BCUT2D eigenvalue weighted by Crippen LogP contribution is 2.42. The molecule has 4 aliphatic carbocycles. The van der Waals surface area contributed by atoms with Crippen LogP contribution in [0.15, 0.2) is 141 Å². The topological polar surface area (TPSA) is 346 Å². The molecular formula is C105H132N22O11. The molecule has 21 rings (SSSR count). The van der Waals surface area contributed by atoms with Crippen molar-refractivity contribution in [2.75, 3.05) is 165 Å². The van der Waals surface area contributed by atoms with Gasteiger partial charge in [0.1, 0.15) is 56.5 Å². The number of carbonyl (C=O) groups is 1. The molecule has 1 N–H and O–H groups in total. The summed E-state index contributed by atoms with van der Waals surface area (Å²) in [5.74, 6) is 7.08. The van der Waals surface area contributed by atoms with Gasteiger partial charge >= 0.3 is 0 Å². The Morgan fingerprint density at radius 1 is 0.377 bits per heavy atom. The number of aliphatic hydroxyl groups is 1. The van der Waals surface area contributed by atoms with Crippen molar-refractivity contribution in [1.82, 2.24) is 89.5 Å². The molecule has 0 atom stereocenters. The number of aryl methyl sites for hydroxylation is 2. The van der Waals surface area contributed by atoms with Gasteiger partial charge in [-0.05, 0) is 212 Å². The third-order valence-corrected chi connectivity index (χ3v) is 28.1. The van der Waals surface area contributed by atoms with E-state index in [0.29, 0.717) is 47.4 Å². The third kappa shape index (κ3) is 25.7. The Morgan fingerprint density at radius 3 is 1.07 bits per heavy atom. The number of carbonyl (C=O) groups excluding carboxylic acids is 1. The van der Waals surface area contributed by atoms with Crippen molar-refractivity contribution in [3.8, 4) is 28.9 Å². The minimum absolute atomic E-state index is 0.0298. The monoisotopic (exact) mass is 1880 g/mol. The van der Waals surface area contributed by atoms with Crippen LogP contribution in [0.4, 0.5) is 22.7 Å². The minimum Gasteiger partial charge on any atom is -0.488 e. The van der Waals surface area contributed by atoms with Crippen LogP contribution in [-0.4, -0.2) is 270 Å². The van der Waals surface area contributed by atoms with E-state index < -0.39 is 5.60 Å². The maximum absolute atomic E-state index is 12.8. The number of anilines is 4. The molecular weight excluding hydrogens is 1750 g/mol. The zero-order chi connectivity index (χ0) is 94.5. The molecule has 9 fully saturated rings. The first-order chi connectivity index (χ1) is 67.5. The molecule has 138 heavy (non-hydrogen) atoms. The SMILES string of the molecule is CC(C)(O)c1cnc(CC2CCC(Oc3cc(N4CCOCC4)cc4nccnc34)CC2)cn1.CCOc1cnc(CC2CCC(Oc3cc(N4CCOCC4)cc4nccnc34)CC2)cn1.CN1CCN(C(=O)c2cnc(CC3CCC(Oc4cc(N5CCOCC5)cc5nccnc45)CC3)nc2)CC1.Cc1cnc(C)c(CC2CCC(Oc3cc(N4CCOCC4)cc4nccnc34)CC2)n1. The largest absolute Gasteiger partial charge is 0.488 e. The number of fused-ring (bicyclic) bond motifs is 4. The van der Waals surface area contributed by atoms with Crippen molar-refractivity contribution >= 4 is 72.8 Å². The number of rotatable bonds is 24. The van der Waals surface area contributed by atoms with E-state index in [1.165, 1.54) is 0 Å². The number of ether oxygens (including phenoxy) is 9. The van der Waals surface area contributed by atoms with E-state index in [-0.39, 0.29) is 30.3 Å². The number of morpholine rings is 4. The van der Waals surface area contributed by atoms with Crippen LogP contribution >= 0.6 is 0 Å². The number of benzene rings is 4. The normalized spacial score (nSPS) is 21.8. The fourth-order valence-electron chi connectivity index (χ4n) is 20.1. The molecule has 728 valence electrons. The second kappa shape index (κ2) is 46.6. The second-order valence-electron chi connectivity index (χ2n) is 38.5. The molecule has 9 aliphatic rings. The summed E-state index contributed by atoms with van der Waals surface area (Å²) >= 11 is 0. The summed E-state index contributed by atoms with van der Waals surface area (Å²) in [4.78, 5) is 98.8. The van der Waals surface area contributed by atoms with Crippen LogP contribution in [0.2, 0.25) is 0 Å². The summed E-state index contributed by atoms with van der Waals surface area (Å²) < 4.78 is 53.7. The first kappa shape index (κ1) is 96.3. The predicted molar refractivity (Wildman–Crippen MR) is 528 cm³/mol. The molecule has 0 unspecified atom stereocenters. The van der Waals surface area contributed by atoms with Crippen molar-refractivity contribution in [3.63, 3.8) is 0 Å². The van der Waals surface area contributed by atoms with E-state index in [9.17, 15) is 9.90 Å². The smallest absolute Gasteiger partial charge is 0.257 e. The summed E-state index contributed by atoms with van der Waals surface area (Å²) in [5, 5.41) is 10.1. The number of piperazine rings is 1. The number of amides is 1. The van der Waals surface area contributed by atoms with Gasteiger partial charge in [0.2, 0.25) is 5.88 Å². The van der Waals surface area contributed by atoms with Crippen LogP contribution in [0.1, 0.15) is 174 Å². The molecule has 12 aromatic rings. The standard InChI is InChI=1S/C29H37N7O3.C26H33N5O3.C25H31N5O3.C25H31N5O2/c1-34-8-10-36(11-9-34)29(37)22-19-32-27(33-20-22)16-21-2-4-24(5-3-21)39-26-18-23(35-12-14-38-15-13-35)17-25-28(26)31-7-6-30-25;1-26(2,32)24-17-29-19(16-30-24)13-18-3-5-21(6-4-18)34-23-15-20(31-9-11-33-12-10-31)14-22-25(23)28-8-7-27-22;1-2-32-24-17-28-19(16-29-24)13-18-3-5-21(6-4-18)33-23-15-20(30-9-11-31-12-10-30)14-22-25(23)27-8-7-26-22;1-17-16-28-18(2)22(29-17)13-19-3-5-21(6-4-19)32-24-15-20(30-9-11-31-12-10-30)14-23-25(24)27-8-7-26-23/h6-7,17-21,24H,2-5,8-16H2,1H3;7-8,14-18,21,32H,3-6,9-13H2,1-2H3;7-8,14-18,21H,2-6,9-13H2,1H3;7-8,14-16,19,21H,3-6,9-13H2,1-2H3. The van der Waals surface area contributed by atoms with Gasteiger partial charge in [-0.2, -0.15) is 0 Å². The van der Waals surface area contributed by atoms with Crippen LogP contribution in [-0.2, 0) is 50.2 Å². The molecule has 5 aliphatic heterocycles. The Morgan fingerprint density at radius 2 is 0.725 bits per heavy atom. The molecule has 13 heterocycles. The summed E-state index contributed by atoms with van der Waals surface area (Å²) in [6.07, 6.45) is 47.6. The lowest BCUT2D eigenvalue weighted by molar-refractivity contribution is 0.0662. The summed E-state index contributed by atoms with van der Waals surface area (Å²) in [6, 6.07) is 16.9. The number of likely N-dealkylation sites (N-methyl/N-ethyl adjacent to an activating group) is 1. The molecule has 5 saturated heterocycles. The van der Waals surface area contributed by atoms with Crippen LogP contribution in [0, 0.1) is 37.5 Å². The average Bonchev–Trinajstić information content (AvgIpc) is 0.806. The van der Waals surface area contributed by atoms with Crippen LogP contribution in [0.5, 0.6) is 28.9 Å². The van der Waals surface area contributed by atoms with Crippen molar-refractivity contribution in [2.45, 2.75) is 193 Å². The molecule has 1 amide bonds. The summed E-state index contributed by atoms with van der Waals surface area (Å²) in [6.45, 7) is 26.3. The molecule has 8 aromatic heterocycles. The van der Waals surface area contributed by atoms with Gasteiger partial charge in [-0.25, -0.2) is 34.9 Å². The van der Waals surface area contributed by atoms with Crippen LogP contribution < -0.4 is 43.3 Å². The Bertz CT molecular complexity index is 5930. The lowest BCUT2D eigenvalue weighted by atomic mass is 9.84. The number of hydrogen-bond donors (Lipinski definition) is 1. The number of hydrogen-bond acceptors (Lipinski definition) is 32. The first-order valence-corrected chi connectivity index (χ1v) is 50.0. The Hall–Kier alpha value is -12.0. The second-order valence-corrected chi connectivity index (χ2v) is 38.5. The molecule has 0 radical (unpaired) electrons. The molecule has 4 saturated carbocycles. The van der Waals surface area contributed by atoms with Crippen molar-refractivity contribution < 1.29 is 52.5 Å². The first-order valence-electron chi connectivity index (χ1n) is 50.0. The highest BCUT2D eigenvalue weighted by molar-refractivity contribution is 5.94. The number of aromatic nitrogens is 16. The Balaban J connectivity index is 0.000000123. The molecule has 33 nitrogen and oxygen atoms in total. The summed E-state index contributed by atoms with van der Waals surface area (Å²) in [7, 11) is 2.08. The third-order valence-electron chi connectivity index (χ3n) is 28.1. The van der Waals surface area contributed by atoms with Gasteiger partial charge in [0, 0.05) is 206 Å². The van der Waals surface area contributed by atoms with Gasteiger partial charge < -0.3 is 77.1 Å². The van der Waals surface area contributed by atoms with E-state index in [1.54, 1.807) is 94.4 Å². The van der Waals surface area contributed by atoms with E-state index in [1.807, 2.05) is 31.1 Å². The van der Waals surface area contributed by atoms with Gasteiger partial charge in [-0.1, -0.05) is 0 Å². The highest BCUT2D eigenvalue weighted by Gasteiger charge is 2.33. The molecule has 33 heteroatoms. The lowest BCUT2D eigenvalue weighted by Gasteiger charge is -2.32. The maximum Gasteiger partial charge on any atom is 0.257 e. The fourth-order valence-corrected chi connectivity index (χ4v) is 20.1. The number of nitrogens with zero attached hydrogens (tertiary/aromatic N) is 22. The van der Waals surface area contributed by atoms with Crippen molar-refractivity contribution in [1.29, 1.82) is 0 Å². The average molecular weight is 1880 g/mol. The van der Waals surface area contributed by atoms with Crippen LogP contribution in [0.25, 0.3) is 44.1 Å². The molecule has 0 bridgehead atoms. The van der Waals surface area contributed by atoms with E-state index >= 15 is 0 Å². The molecule has 0 spiro atoms. The van der Waals surface area contributed by atoms with Crippen LogP contribution in [0.3, 0.4) is 0 Å².